The van der Waals surface area contributed by atoms with E-state index in [1.54, 1.807) is 0 Å². The molecule has 0 radical (unpaired) electrons. The van der Waals surface area contributed by atoms with Crippen LogP contribution in [0.1, 0.15) is 42.8 Å². The van der Waals surface area contributed by atoms with Gasteiger partial charge in [0, 0.05) is 38.3 Å². The van der Waals surface area contributed by atoms with Crippen LogP contribution in [-0.2, 0) is 25.9 Å². The average molecular weight is 310 g/mol. The highest BCUT2D eigenvalue weighted by Gasteiger charge is 2.09. The van der Waals surface area contributed by atoms with Gasteiger partial charge in [0.05, 0.1) is 11.4 Å². The highest BCUT2D eigenvalue weighted by atomic mass is 15.4. The minimum absolute atomic E-state index is 0.791. The zero-order chi connectivity index (χ0) is 16.1. The number of benzene rings is 1. The minimum atomic E-state index is 0.791. The summed E-state index contributed by atoms with van der Waals surface area (Å²) in [6.07, 6.45) is 6.69. The maximum Gasteiger partial charge on any atom is 0.0870 e. The van der Waals surface area contributed by atoms with Crippen LogP contribution in [0.2, 0.25) is 0 Å². The third-order valence-corrected chi connectivity index (χ3v) is 3.81. The molecule has 0 saturated carbocycles. The lowest BCUT2D eigenvalue weighted by Gasteiger charge is -2.06. The molecule has 0 aliphatic rings. The van der Waals surface area contributed by atoms with Gasteiger partial charge in [-0.05, 0) is 24.5 Å². The Balaban J connectivity index is 1.76. The molecule has 0 unspecified atom stereocenters. The summed E-state index contributed by atoms with van der Waals surface area (Å²) in [5.74, 6) is 0. The zero-order valence-corrected chi connectivity index (χ0v) is 13.7. The van der Waals surface area contributed by atoms with Crippen LogP contribution in [0.4, 0.5) is 0 Å². The van der Waals surface area contributed by atoms with Crippen molar-refractivity contribution >= 4 is 0 Å². The Morgan fingerprint density at radius 3 is 1.91 bits per heavy atom. The lowest BCUT2D eigenvalue weighted by atomic mass is 10.00. The molecule has 2 aromatic heterocycles. The molecule has 0 bridgehead atoms. The molecule has 0 N–H and O–H groups in total. The van der Waals surface area contributed by atoms with E-state index in [4.69, 9.17) is 0 Å². The van der Waals surface area contributed by atoms with Gasteiger partial charge in [0.2, 0.25) is 0 Å². The summed E-state index contributed by atoms with van der Waals surface area (Å²) >= 11 is 0. The van der Waals surface area contributed by atoms with Gasteiger partial charge in [-0.15, -0.1) is 10.2 Å². The summed E-state index contributed by atoms with van der Waals surface area (Å²) in [5, 5.41) is 16.8. The van der Waals surface area contributed by atoms with Crippen LogP contribution in [0.3, 0.4) is 0 Å². The second-order valence-electron chi connectivity index (χ2n) is 5.66. The number of hydrogen-bond acceptors (Lipinski definition) is 4. The van der Waals surface area contributed by atoms with E-state index in [-0.39, 0.29) is 0 Å². The van der Waals surface area contributed by atoms with E-state index in [2.05, 4.69) is 58.7 Å². The van der Waals surface area contributed by atoms with Crippen molar-refractivity contribution in [3.05, 3.63) is 59.2 Å². The van der Waals surface area contributed by atoms with E-state index in [0.717, 1.165) is 43.7 Å². The SMILES string of the molecule is CCCn1cc(Cc2ccccc2Cc2cn(CC)nn2)nn1. The molecule has 1 aromatic carbocycles. The number of rotatable bonds is 7. The largest absolute Gasteiger partial charge is 0.253 e. The molecule has 0 aliphatic carbocycles. The van der Waals surface area contributed by atoms with Gasteiger partial charge in [-0.25, -0.2) is 0 Å². The fourth-order valence-corrected chi connectivity index (χ4v) is 2.62. The van der Waals surface area contributed by atoms with Crippen molar-refractivity contribution in [3.8, 4) is 0 Å². The van der Waals surface area contributed by atoms with Crippen molar-refractivity contribution in [3.63, 3.8) is 0 Å². The second kappa shape index (κ2) is 7.17. The predicted molar refractivity (Wildman–Crippen MR) is 88.1 cm³/mol. The molecule has 3 rings (SSSR count). The quantitative estimate of drug-likeness (QED) is 0.672. The molecule has 2 heterocycles. The van der Waals surface area contributed by atoms with Crippen molar-refractivity contribution in [2.75, 3.05) is 0 Å². The van der Waals surface area contributed by atoms with Crippen LogP contribution in [0.25, 0.3) is 0 Å². The van der Waals surface area contributed by atoms with Gasteiger partial charge in [0.1, 0.15) is 0 Å². The van der Waals surface area contributed by atoms with Crippen molar-refractivity contribution in [1.29, 1.82) is 0 Å². The smallest absolute Gasteiger partial charge is 0.0870 e. The standard InChI is InChI=1S/C17H22N6/c1-3-9-23-13-17(19-21-23)11-15-8-6-5-7-14(15)10-16-12-22(4-2)20-18-16/h5-8,12-13H,3-4,9-11H2,1-2H3. The highest BCUT2D eigenvalue weighted by molar-refractivity contribution is 5.32. The molecular formula is C17H22N6. The summed E-state index contributed by atoms with van der Waals surface area (Å²) in [5.41, 5.74) is 4.53. The molecule has 120 valence electrons. The molecule has 0 amide bonds. The number of hydrogen-bond donors (Lipinski definition) is 0. The summed E-state index contributed by atoms with van der Waals surface area (Å²) < 4.78 is 3.76. The van der Waals surface area contributed by atoms with Crippen LogP contribution in [0, 0.1) is 0 Å². The van der Waals surface area contributed by atoms with Crippen LogP contribution in [-0.4, -0.2) is 30.0 Å². The first-order chi connectivity index (χ1) is 11.3. The molecule has 23 heavy (non-hydrogen) atoms. The molecule has 0 aliphatic heterocycles. The Kier molecular flexibility index (Phi) is 4.80. The first kappa shape index (κ1) is 15.4. The fraction of sp³-hybridized carbons (Fsp3) is 0.412. The third-order valence-electron chi connectivity index (χ3n) is 3.81. The fourth-order valence-electron chi connectivity index (χ4n) is 2.62. The Morgan fingerprint density at radius 2 is 1.39 bits per heavy atom. The van der Waals surface area contributed by atoms with Gasteiger partial charge in [0.25, 0.3) is 0 Å². The molecule has 3 aromatic rings. The van der Waals surface area contributed by atoms with Crippen LogP contribution >= 0.6 is 0 Å². The highest BCUT2D eigenvalue weighted by Crippen LogP contribution is 2.16. The van der Waals surface area contributed by atoms with Gasteiger partial charge in [-0.2, -0.15) is 0 Å². The Hall–Kier alpha value is -2.50. The van der Waals surface area contributed by atoms with Gasteiger partial charge >= 0.3 is 0 Å². The average Bonchev–Trinajstić information content (AvgIpc) is 3.19. The number of aromatic nitrogens is 6. The zero-order valence-electron chi connectivity index (χ0n) is 13.7. The second-order valence-corrected chi connectivity index (χ2v) is 5.66. The Morgan fingerprint density at radius 1 is 0.826 bits per heavy atom. The van der Waals surface area contributed by atoms with Crippen LogP contribution in [0.15, 0.2) is 36.7 Å². The minimum Gasteiger partial charge on any atom is -0.253 e. The number of aryl methyl sites for hydroxylation is 2. The van der Waals surface area contributed by atoms with Crippen molar-refractivity contribution in [1.82, 2.24) is 30.0 Å². The van der Waals surface area contributed by atoms with Crippen molar-refractivity contribution in [2.45, 2.75) is 46.2 Å². The molecule has 0 atom stereocenters. The summed E-state index contributed by atoms with van der Waals surface area (Å²) in [4.78, 5) is 0. The van der Waals surface area contributed by atoms with E-state index in [9.17, 15) is 0 Å². The topological polar surface area (TPSA) is 61.4 Å². The summed E-state index contributed by atoms with van der Waals surface area (Å²) in [7, 11) is 0. The van der Waals surface area contributed by atoms with Crippen LogP contribution < -0.4 is 0 Å². The van der Waals surface area contributed by atoms with E-state index < -0.39 is 0 Å². The van der Waals surface area contributed by atoms with E-state index in [1.807, 2.05) is 21.8 Å². The molecule has 6 heteroatoms. The molecule has 6 nitrogen and oxygen atoms in total. The maximum absolute atomic E-state index is 4.28. The van der Waals surface area contributed by atoms with Crippen molar-refractivity contribution in [2.24, 2.45) is 0 Å². The van der Waals surface area contributed by atoms with E-state index in [0.29, 0.717) is 0 Å². The number of nitrogens with zero attached hydrogens (tertiary/aromatic N) is 6. The molecular weight excluding hydrogens is 288 g/mol. The van der Waals surface area contributed by atoms with Crippen LogP contribution in [0.5, 0.6) is 0 Å². The first-order valence-corrected chi connectivity index (χ1v) is 8.13. The van der Waals surface area contributed by atoms with Crippen molar-refractivity contribution < 1.29 is 0 Å². The summed E-state index contributed by atoms with van der Waals surface area (Å²) in [6, 6.07) is 8.43. The van der Waals surface area contributed by atoms with E-state index >= 15 is 0 Å². The Labute approximate surface area is 136 Å². The Bertz CT molecular complexity index is 758. The molecule has 0 spiro atoms. The maximum atomic E-state index is 4.28. The third kappa shape index (κ3) is 3.83. The van der Waals surface area contributed by atoms with E-state index in [1.165, 1.54) is 11.1 Å². The summed E-state index contributed by atoms with van der Waals surface area (Å²) in [6.45, 7) is 5.95. The molecule has 0 fully saturated rings. The van der Waals surface area contributed by atoms with Gasteiger partial charge in [0.15, 0.2) is 0 Å². The van der Waals surface area contributed by atoms with Gasteiger partial charge in [-0.3, -0.25) is 9.36 Å². The first-order valence-electron chi connectivity index (χ1n) is 8.13. The van der Waals surface area contributed by atoms with Gasteiger partial charge in [-0.1, -0.05) is 41.6 Å². The lowest BCUT2D eigenvalue weighted by molar-refractivity contribution is 0.579. The normalized spacial score (nSPS) is 11.0. The lowest BCUT2D eigenvalue weighted by Crippen LogP contribution is -1.98. The molecule has 0 saturated heterocycles. The predicted octanol–water partition coefficient (Wildman–Crippen LogP) is 2.48. The monoisotopic (exact) mass is 310 g/mol. The van der Waals surface area contributed by atoms with Gasteiger partial charge < -0.3 is 0 Å².